The van der Waals surface area contributed by atoms with Crippen molar-refractivity contribution >= 4 is 53.9 Å². The highest BCUT2D eigenvalue weighted by Crippen LogP contribution is 2.39. The van der Waals surface area contributed by atoms with Crippen LogP contribution in [0.3, 0.4) is 0 Å². The number of rotatable bonds is 10. The molecule has 0 amide bonds. The first-order chi connectivity index (χ1) is 45.6. The van der Waals surface area contributed by atoms with Crippen LogP contribution in [0.5, 0.6) is 0 Å². The van der Waals surface area contributed by atoms with Crippen molar-refractivity contribution in [3.8, 4) is 112 Å². The van der Waals surface area contributed by atoms with Gasteiger partial charge in [-0.3, -0.25) is 9.97 Å². The van der Waals surface area contributed by atoms with Crippen molar-refractivity contribution in [2.75, 3.05) is 0 Å². The molecule has 4 aromatic heterocycles. The number of pyridine rings is 2. The fraction of sp³-hybridized carbons (Fsp3) is 0. The van der Waals surface area contributed by atoms with E-state index in [1.807, 2.05) is 24.5 Å². The van der Waals surface area contributed by atoms with Crippen molar-refractivity contribution in [2.24, 2.45) is 0 Å². The van der Waals surface area contributed by atoms with E-state index < -0.39 is 0 Å². The minimum Gasteiger partial charge on any atom is -0.264 e. The topological polar surface area (TPSA) is 77.3 Å². The van der Waals surface area contributed by atoms with Crippen molar-refractivity contribution in [3.63, 3.8) is 0 Å². The van der Waals surface area contributed by atoms with E-state index in [0.717, 1.165) is 83.8 Å². The van der Waals surface area contributed by atoms with Gasteiger partial charge in [-0.25, -0.2) is 19.9 Å². The van der Waals surface area contributed by atoms with Gasteiger partial charge in [-0.2, -0.15) is 0 Å². The molecule has 6 nitrogen and oxygen atoms in total. The predicted molar refractivity (Wildman–Crippen MR) is 382 cm³/mol. The molecule has 0 aliphatic carbocycles. The predicted octanol–water partition coefficient (Wildman–Crippen LogP) is 22.2. The number of hydrogen-bond acceptors (Lipinski definition) is 6. The van der Waals surface area contributed by atoms with Crippen LogP contribution in [0.15, 0.2) is 340 Å². The molecule has 0 spiro atoms. The van der Waals surface area contributed by atoms with Crippen LogP contribution in [0.25, 0.3) is 166 Å². The zero-order valence-electron chi connectivity index (χ0n) is 50.0. The first-order valence-corrected chi connectivity index (χ1v) is 30.9. The molecule has 4 heterocycles. The minimum absolute atomic E-state index is 0.702. The average Bonchev–Trinajstić information content (AvgIpc) is 1.05. The Hall–Kier alpha value is -12.4. The van der Waals surface area contributed by atoms with Gasteiger partial charge in [-0.15, -0.1) is 0 Å². The Morgan fingerprint density at radius 3 is 1.10 bits per heavy atom. The third kappa shape index (κ3) is 11.0. The highest BCUT2D eigenvalue weighted by atomic mass is 14.9. The first-order valence-electron chi connectivity index (χ1n) is 30.9. The van der Waals surface area contributed by atoms with Gasteiger partial charge >= 0.3 is 0 Å². The second kappa shape index (κ2) is 24.3. The van der Waals surface area contributed by atoms with Crippen LogP contribution in [0.1, 0.15) is 0 Å². The monoisotopic (exact) mass is 1170 g/mol. The lowest BCUT2D eigenvalue weighted by Gasteiger charge is -2.14. The lowest BCUT2D eigenvalue weighted by molar-refractivity contribution is 1.18. The quantitative estimate of drug-likeness (QED) is 0.127. The van der Waals surface area contributed by atoms with Gasteiger partial charge in [0.15, 0.2) is 11.6 Å². The molecule has 0 N–H and O–H groups in total. The summed E-state index contributed by atoms with van der Waals surface area (Å²) in [6.45, 7) is 0. The van der Waals surface area contributed by atoms with Crippen LogP contribution >= 0.6 is 0 Å². The lowest BCUT2D eigenvalue weighted by Crippen LogP contribution is -1.97. The fourth-order valence-electron chi connectivity index (χ4n) is 12.7. The zero-order valence-corrected chi connectivity index (χ0v) is 50.0. The Balaban J connectivity index is 0.000000147. The van der Waals surface area contributed by atoms with Gasteiger partial charge in [0.25, 0.3) is 0 Å². The Kier molecular flexibility index (Phi) is 14.5. The molecule has 430 valence electrons. The molecule has 0 saturated carbocycles. The summed E-state index contributed by atoms with van der Waals surface area (Å²) in [6, 6.07) is 111. The fourth-order valence-corrected chi connectivity index (χ4v) is 12.7. The van der Waals surface area contributed by atoms with Gasteiger partial charge in [-0.1, -0.05) is 267 Å². The van der Waals surface area contributed by atoms with Crippen molar-refractivity contribution in [1.82, 2.24) is 29.9 Å². The molecule has 6 heteroatoms. The smallest absolute Gasteiger partial charge is 0.161 e. The molecule has 13 aromatic carbocycles. The molecular weight excluding hydrogens is 1120 g/mol. The van der Waals surface area contributed by atoms with E-state index >= 15 is 0 Å². The van der Waals surface area contributed by atoms with E-state index in [0.29, 0.717) is 11.6 Å². The van der Waals surface area contributed by atoms with E-state index in [2.05, 4.69) is 313 Å². The second-order valence-corrected chi connectivity index (χ2v) is 23.0. The van der Waals surface area contributed by atoms with E-state index in [1.165, 1.54) is 70.7 Å². The van der Waals surface area contributed by atoms with Crippen LogP contribution in [0.4, 0.5) is 0 Å². The van der Waals surface area contributed by atoms with Crippen molar-refractivity contribution in [2.45, 2.75) is 0 Å². The summed E-state index contributed by atoms with van der Waals surface area (Å²) < 4.78 is 0. The molecule has 17 aromatic rings. The van der Waals surface area contributed by atoms with Gasteiger partial charge in [-0.05, 0) is 136 Å². The summed E-state index contributed by atoms with van der Waals surface area (Å²) in [5.74, 6) is 1.41. The third-order valence-electron chi connectivity index (χ3n) is 17.3. The van der Waals surface area contributed by atoms with E-state index in [1.54, 1.807) is 12.4 Å². The van der Waals surface area contributed by atoms with Crippen LogP contribution in [0.2, 0.25) is 0 Å². The van der Waals surface area contributed by atoms with Gasteiger partial charge in [0.1, 0.15) is 0 Å². The number of benzene rings is 13. The average molecular weight is 1170 g/mol. The first kappa shape index (κ1) is 55.0. The Morgan fingerprint density at radius 1 is 0.174 bits per heavy atom. The maximum Gasteiger partial charge on any atom is 0.161 e. The third-order valence-corrected chi connectivity index (χ3v) is 17.3. The summed E-state index contributed by atoms with van der Waals surface area (Å²) in [7, 11) is 0. The maximum atomic E-state index is 5.27. The molecule has 92 heavy (non-hydrogen) atoms. The maximum absolute atomic E-state index is 5.27. The van der Waals surface area contributed by atoms with Gasteiger partial charge in [0, 0.05) is 69.3 Å². The minimum atomic E-state index is 0.702. The lowest BCUT2D eigenvalue weighted by atomic mass is 9.95. The molecule has 0 bridgehead atoms. The second-order valence-electron chi connectivity index (χ2n) is 23.0. The van der Waals surface area contributed by atoms with Crippen LogP contribution in [0, 0.1) is 0 Å². The normalized spacial score (nSPS) is 11.3. The molecule has 17 rings (SSSR count). The van der Waals surface area contributed by atoms with Gasteiger partial charge in [0.05, 0.1) is 22.8 Å². The van der Waals surface area contributed by atoms with Crippen LogP contribution < -0.4 is 0 Å². The zero-order chi connectivity index (χ0) is 61.2. The SMILES string of the molecule is c1cncc(-c2cccc(-c3cc(-c4ccc(-c5cccc6ccccc56)cc4)nc(-c4cc5ccccc5c5ccccc45)n3)c2)c1.c1cncc(-c2cccc(-c3cc(-c4ccc(-c5cccc6ccccc56)cc4)nc(-c4ccc5ccccc5c4)n3)c2)c1. The largest absolute Gasteiger partial charge is 0.264 e. The summed E-state index contributed by atoms with van der Waals surface area (Å²) in [5, 5.41) is 12.0. The van der Waals surface area contributed by atoms with Crippen molar-refractivity contribution in [1.29, 1.82) is 0 Å². The Labute approximate surface area is 533 Å². The Morgan fingerprint density at radius 2 is 0.565 bits per heavy atom. The summed E-state index contributed by atoms with van der Waals surface area (Å²) in [6.07, 6.45) is 7.39. The molecule has 0 atom stereocenters. The Bertz CT molecular complexity index is 5560. The van der Waals surface area contributed by atoms with Gasteiger partial charge < -0.3 is 0 Å². The van der Waals surface area contributed by atoms with E-state index in [-0.39, 0.29) is 0 Å². The molecule has 0 fully saturated rings. The number of nitrogens with zero attached hydrogens (tertiary/aromatic N) is 6. The molecule has 0 saturated heterocycles. The van der Waals surface area contributed by atoms with E-state index in [4.69, 9.17) is 19.9 Å². The highest BCUT2D eigenvalue weighted by molar-refractivity contribution is 6.13. The highest BCUT2D eigenvalue weighted by Gasteiger charge is 2.18. The van der Waals surface area contributed by atoms with Crippen LogP contribution in [-0.2, 0) is 0 Å². The van der Waals surface area contributed by atoms with Crippen LogP contribution in [-0.4, -0.2) is 29.9 Å². The molecule has 0 aliphatic heterocycles. The van der Waals surface area contributed by atoms with Gasteiger partial charge in [0.2, 0.25) is 0 Å². The summed E-state index contributed by atoms with van der Waals surface area (Å²) in [5.41, 5.74) is 18.8. The molecule has 0 aliphatic rings. The summed E-state index contributed by atoms with van der Waals surface area (Å²) in [4.78, 5) is 29.4. The van der Waals surface area contributed by atoms with E-state index in [9.17, 15) is 0 Å². The number of fused-ring (bicyclic) bond motifs is 6. The molecular formula is C86H56N6. The standard InChI is InChI=1S/C45H29N3.C41H27N3/c1-3-16-37-30(10-1)12-8-20-38(37)31-21-23-32(24-22-31)43-28-44(35-14-7-13-33(26-35)36-15-9-25-46-29-36)48-45(47-43)42-27-34-11-2-4-17-39(34)40-18-5-6-19-41(40)42;1-2-10-32-25-35(22-17-28(32)8-1)41-43-39(26-40(44-41)34-13-5-12-33(24-34)36-14-7-23-42-27-36)31-20-18-30(19-21-31)38-16-6-11-29-9-3-4-15-37(29)38/h1-29H;1-27H. The number of aromatic nitrogens is 6. The van der Waals surface area contributed by atoms with Crippen molar-refractivity contribution < 1.29 is 0 Å². The van der Waals surface area contributed by atoms with Crippen molar-refractivity contribution in [3.05, 3.63) is 340 Å². The number of hydrogen-bond donors (Lipinski definition) is 0. The molecule has 0 radical (unpaired) electrons. The summed E-state index contributed by atoms with van der Waals surface area (Å²) >= 11 is 0. The molecule has 0 unspecified atom stereocenters.